The molecule has 1 unspecified atom stereocenters. The van der Waals surface area contributed by atoms with Gasteiger partial charge in [-0.25, -0.2) is 0 Å². The summed E-state index contributed by atoms with van der Waals surface area (Å²) in [4.78, 5) is 27.3. The largest absolute Gasteiger partial charge is 0.416 e. The normalized spacial score (nSPS) is 18.6. The van der Waals surface area contributed by atoms with Crippen LogP contribution < -0.4 is 10.9 Å². The Hall–Kier alpha value is -3.38. The van der Waals surface area contributed by atoms with Crippen LogP contribution in [0.2, 0.25) is 0 Å². The monoisotopic (exact) mass is 555 g/mol. The van der Waals surface area contributed by atoms with Crippen molar-refractivity contribution >= 4 is 16.8 Å². The minimum atomic E-state index is -4.97. The average molecular weight is 556 g/mol. The van der Waals surface area contributed by atoms with Gasteiger partial charge in [-0.2, -0.15) is 26.3 Å². The van der Waals surface area contributed by atoms with Crippen LogP contribution in [0.3, 0.4) is 0 Å². The number of benzene rings is 2. The topological polar surface area (TPSA) is 63.6 Å². The van der Waals surface area contributed by atoms with Crippen LogP contribution in [0.4, 0.5) is 26.3 Å². The highest BCUT2D eigenvalue weighted by molar-refractivity contribution is 5.83. The van der Waals surface area contributed by atoms with E-state index in [1.54, 1.807) is 17.7 Å². The Morgan fingerprint density at radius 3 is 2.23 bits per heavy atom. The lowest BCUT2D eigenvalue weighted by Crippen LogP contribution is -2.45. The summed E-state index contributed by atoms with van der Waals surface area (Å²) < 4.78 is 86.0. The van der Waals surface area contributed by atoms with Crippen molar-refractivity contribution in [1.82, 2.24) is 14.8 Å². The third kappa shape index (κ3) is 6.27. The van der Waals surface area contributed by atoms with Gasteiger partial charge < -0.3 is 14.6 Å². The maximum absolute atomic E-state index is 13.2. The summed E-state index contributed by atoms with van der Waals surface area (Å²) in [7, 11) is 3.10. The first kappa shape index (κ1) is 28.6. The molecule has 12 heteroatoms. The predicted octanol–water partition coefficient (Wildman–Crippen LogP) is 4.73. The maximum Gasteiger partial charge on any atom is 0.416 e. The second-order valence-electron chi connectivity index (χ2n) is 9.89. The number of ether oxygens (including phenoxy) is 1. The molecule has 1 aliphatic rings. The fraction of sp³-hybridized carbons (Fsp3) is 0.407. The Labute approximate surface area is 220 Å². The van der Waals surface area contributed by atoms with E-state index >= 15 is 0 Å². The number of rotatable bonds is 7. The molecule has 1 saturated heterocycles. The molecule has 1 aliphatic heterocycles. The van der Waals surface area contributed by atoms with Crippen LogP contribution in [0.1, 0.15) is 28.7 Å². The van der Waals surface area contributed by atoms with Gasteiger partial charge in [-0.1, -0.05) is 12.1 Å². The van der Waals surface area contributed by atoms with Crippen molar-refractivity contribution in [1.29, 1.82) is 0 Å². The summed E-state index contributed by atoms with van der Waals surface area (Å²) in [5.74, 6) is -0.515. The van der Waals surface area contributed by atoms with E-state index in [4.69, 9.17) is 4.74 Å². The number of aryl methyl sites for hydroxylation is 1. The molecular weight excluding hydrogens is 528 g/mol. The summed E-state index contributed by atoms with van der Waals surface area (Å²) in [5, 5.41) is 3.43. The number of hydrogen-bond acceptors (Lipinski definition) is 4. The number of hydrogen-bond donors (Lipinski definition) is 1. The molecule has 1 N–H and O–H groups in total. The van der Waals surface area contributed by atoms with Gasteiger partial charge in [0.2, 0.25) is 5.91 Å². The van der Waals surface area contributed by atoms with Gasteiger partial charge in [-0.05, 0) is 59.8 Å². The van der Waals surface area contributed by atoms with E-state index in [2.05, 4.69) is 5.32 Å². The quantitative estimate of drug-likeness (QED) is 0.429. The minimum absolute atomic E-state index is 0.0257. The number of aromatic nitrogens is 1. The number of halogens is 6. The molecule has 0 aliphatic carbocycles. The van der Waals surface area contributed by atoms with Gasteiger partial charge in [-0.3, -0.25) is 14.5 Å². The van der Waals surface area contributed by atoms with Gasteiger partial charge in [0.15, 0.2) is 0 Å². The Balaban J connectivity index is 1.50. The first-order chi connectivity index (χ1) is 18.2. The minimum Gasteiger partial charge on any atom is -0.384 e. The summed E-state index contributed by atoms with van der Waals surface area (Å²) >= 11 is 0. The zero-order valence-electron chi connectivity index (χ0n) is 21.2. The number of fused-ring (bicyclic) bond motifs is 1. The van der Waals surface area contributed by atoms with Crippen LogP contribution in [-0.4, -0.2) is 42.2 Å². The smallest absolute Gasteiger partial charge is 0.384 e. The van der Waals surface area contributed by atoms with Crippen LogP contribution in [0.5, 0.6) is 0 Å². The number of nitrogens with one attached hydrogen (secondary N) is 1. The van der Waals surface area contributed by atoms with Crippen LogP contribution in [0.25, 0.3) is 10.9 Å². The van der Waals surface area contributed by atoms with Crippen molar-refractivity contribution < 1.29 is 35.9 Å². The summed E-state index contributed by atoms with van der Waals surface area (Å²) in [6.07, 6.45) is -9.56. The third-order valence-corrected chi connectivity index (χ3v) is 7.03. The molecule has 0 bridgehead atoms. The number of carbonyl (C=O) groups excluding carboxylic acids is 1. The lowest BCUT2D eigenvalue weighted by molar-refractivity contribution is -0.143. The van der Waals surface area contributed by atoms with E-state index in [0.717, 1.165) is 16.5 Å². The maximum atomic E-state index is 13.2. The van der Waals surface area contributed by atoms with Crippen molar-refractivity contribution in [3.05, 3.63) is 81.1 Å². The van der Waals surface area contributed by atoms with E-state index in [9.17, 15) is 35.9 Å². The van der Waals surface area contributed by atoms with E-state index in [1.165, 1.54) is 13.2 Å². The second-order valence-corrected chi connectivity index (χ2v) is 9.89. The van der Waals surface area contributed by atoms with E-state index in [-0.39, 0.29) is 30.3 Å². The van der Waals surface area contributed by atoms with Crippen LogP contribution in [-0.2, 0) is 42.0 Å². The molecule has 1 aromatic heterocycles. The number of amides is 1. The molecule has 1 amide bonds. The van der Waals surface area contributed by atoms with Crippen LogP contribution >= 0.6 is 0 Å². The SMILES string of the molecule is COCC1(C(=O)NCc2cc(C(F)(F)F)cc(C(F)(F)F)c2)CCN(Cc2ccc3ccc(=O)n(C)c3c2)C1. The number of carbonyl (C=O) groups is 1. The Morgan fingerprint density at radius 1 is 0.974 bits per heavy atom. The van der Waals surface area contributed by atoms with Gasteiger partial charge in [0, 0.05) is 39.9 Å². The van der Waals surface area contributed by atoms with Crippen molar-refractivity contribution in [2.75, 3.05) is 26.8 Å². The van der Waals surface area contributed by atoms with E-state index < -0.39 is 41.3 Å². The fourth-order valence-corrected chi connectivity index (χ4v) is 5.00. The van der Waals surface area contributed by atoms with Gasteiger partial charge in [0.1, 0.15) is 0 Å². The van der Waals surface area contributed by atoms with Gasteiger partial charge >= 0.3 is 12.4 Å². The predicted molar refractivity (Wildman–Crippen MR) is 132 cm³/mol. The van der Waals surface area contributed by atoms with Crippen molar-refractivity contribution in [2.24, 2.45) is 12.5 Å². The molecule has 3 aromatic rings. The van der Waals surface area contributed by atoms with Gasteiger partial charge in [0.05, 0.1) is 28.7 Å². The molecular formula is C27H27F6N3O3. The molecule has 1 atom stereocenters. The fourth-order valence-electron chi connectivity index (χ4n) is 5.00. The lowest BCUT2D eigenvalue weighted by atomic mass is 9.87. The summed E-state index contributed by atoms with van der Waals surface area (Å²) in [6.45, 7) is 0.785. The van der Waals surface area contributed by atoms with Crippen molar-refractivity contribution in [3.8, 4) is 0 Å². The molecule has 0 spiro atoms. The van der Waals surface area contributed by atoms with Crippen molar-refractivity contribution in [2.45, 2.75) is 31.9 Å². The third-order valence-electron chi connectivity index (χ3n) is 7.03. The van der Waals surface area contributed by atoms with E-state index in [0.29, 0.717) is 31.6 Å². The van der Waals surface area contributed by atoms with Crippen LogP contribution in [0.15, 0.2) is 53.3 Å². The number of likely N-dealkylation sites (tertiary alicyclic amines) is 1. The Kier molecular flexibility index (Phi) is 7.82. The first-order valence-corrected chi connectivity index (χ1v) is 12.1. The van der Waals surface area contributed by atoms with Gasteiger partial charge in [0.25, 0.3) is 5.56 Å². The molecule has 1 fully saturated rings. The highest BCUT2D eigenvalue weighted by atomic mass is 19.4. The number of methoxy groups -OCH3 is 1. The van der Waals surface area contributed by atoms with Gasteiger partial charge in [-0.15, -0.1) is 0 Å². The first-order valence-electron chi connectivity index (χ1n) is 12.1. The zero-order valence-corrected chi connectivity index (χ0v) is 21.2. The molecule has 2 heterocycles. The highest BCUT2D eigenvalue weighted by Crippen LogP contribution is 2.37. The van der Waals surface area contributed by atoms with Crippen molar-refractivity contribution in [3.63, 3.8) is 0 Å². The molecule has 0 saturated carbocycles. The highest BCUT2D eigenvalue weighted by Gasteiger charge is 2.45. The number of pyridine rings is 1. The van der Waals surface area contributed by atoms with E-state index in [1.807, 2.05) is 23.1 Å². The molecule has 39 heavy (non-hydrogen) atoms. The zero-order chi connectivity index (χ0) is 28.6. The molecule has 210 valence electrons. The summed E-state index contributed by atoms with van der Waals surface area (Å²) in [5.41, 5.74) is -2.68. The molecule has 2 aromatic carbocycles. The molecule has 0 radical (unpaired) electrons. The lowest BCUT2D eigenvalue weighted by Gasteiger charge is -2.28. The molecule has 6 nitrogen and oxygen atoms in total. The Morgan fingerprint density at radius 2 is 1.62 bits per heavy atom. The number of nitrogens with zero attached hydrogens (tertiary/aromatic N) is 2. The number of alkyl halides is 6. The average Bonchev–Trinajstić information content (AvgIpc) is 3.27. The standard InChI is InChI=1S/C27H27F6N3O3/c1-35-22-11-17(3-4-19(22)5-6-23(35)37)14-36-8-7-25(15-36,16-39-2)24(38)34-13-18-9-20(26(28,29)30)12-21(10-18)27(31,32)33/h3-6,9-12H,7-8,13-16H2,1-2H3,(H,34,38). The second kappa shape index (κ2) is 10.6. The summed E-state index contributed by atoms with van der Waals surface area (Å²) in [6, 6.07) is 10.2. The molecule has 4 rings (SSSR count). The Bertz CT molecular complexity index is 1400. The van der Waals surface area contributed by atoms with Crippen LogP contribution in [0, 0.1) is 5.41 Å².